The van der Waals surface area contributed by atoms with Gasteiger partial charge in [-0.05, 0) is 19.1 Å². The quantitative estimate of drug-likeness (QED) is 0.242. The predicted molar refractivity (Wildman–Crippen MR) is 89.5 cm³/mol. The summed E-state index contributed by atoms with van der Waals surface area (Å²) in [6, 6.07) is 3.65. The van der Waals surface area contributed by atoms with E-state index in [1.807, 2.05) is 0 Å². The molecule has 0 heterocycles. The van der Waals surface area contributed by atoms with Gasteiger partial charge in [0.25, 0.3) is 5.69 Å². The molecule has 1 amide bonds. The molecule has 0 atom stereocenters. The molecule has 2 N–H and O–H groups in total. The topological polar surface area (TPSA) is 146 Å². The van der Waals surface area contributed by atoms with Crippen molar-refractivity contribution < 1.29 is 33.5 Å². The lowest BCUT2D eigenvalue weighted by Crippen LogP contribution is -2.16. The van der Waals surface area contributed by atoms with Crippen LogP contribution in [0.5, 0.6) is 0 Å². The lowest BCUT2D eigenvalue weighted by molar-refractivity contribution is -0.383. The molecule has 0 saturated carbocycles. The Bertz CT molecular complexity index is 744. The summed E-state index contributed by atoms with van der Waals surface area (Å²) in [5.41, 5.74) is -0.824. The summed E-state index contributed by atoms with van der Waals surface area (Å²) in [4.78, 5) is 45.0. The Kier molecular flexibility index (Phi) is 7.55. The highest BCUT2D eigenvalue weighted by Gasteiger charge is 2.20. The molecule has 0 aliphatic heterocycles. The molecule has 11 nitrogen and oxygen atoms in total. The lowest BCUT2D eigenvalue weighted by atomic mass is 10.2. The minimum atomic E-state index is -0.932. The van der Waals surface area contributed by atoms with Crippen molar-refractivity contribution in [2.45, 2.75) is 6.92 Å². The van der Waals surface area contributed by atoms with Gasteiger partial charge in [-0.2, -0.15) is 0 Å². The van der Waals surface area contributed by atoms with Gasteiger partial charge in [-0.3, -0.25) is 15.4 Å². The van der Waals surface area contributed by atoms with Crippen LogP contribution in [0.25, 0.3) is 0 Å². The van der Waals surface area contributed by atoms with E-state index >= 15 is 0 Å². The molecule has 0 unspecified atom stereocenters. The molecule has 0 saturated heterocycles. The molecule has 1 aromatic rings. The molecule has 11 heteroatoms. The van der Waals surface area contributed by atoms with Gasteiger partial charge in [-0.25, -0.2) is 14.4 Å². The van der Waals surface area contributed by atoms with Gasteiger partial charge in [-0.15, -0.1) is 0 Å². The Balaban J connectivity index is 3.19. The van der Waals surface area contributed by atoms with Crippen LogP contribution >= 0.6 is 0 Å². The van der Waals surface area contributed by atoms with Crippen molar-refractivity contribution in [3.8, 4) is 0 Å². The van der Waals surface area contributed by atoms with E-state index in [0.29, 0.717) is 0 Å². The number of nitrogens with zero attached hydrogens (tertiary/aromatic N) is 1. The van der Waals surface area contributed by atoms with E-state index in [2.05, 4.69) is 24.8 Å². The first-order valence-electron chi connectivity index (χ1n) is 7.19. The zero-order chi connectivity index (χ0) is 19.7. The van der Waals surface area contributed by atoms with Crippen LogP contribution in [0.2, 0.25) is 0 Å². The monoisotopic (exact) mass is 367 g/mol. The van der Waals surface area contributed by atoms with Crippen molar-refractivity contribution in [2.75, 3.05) is 31.5 Å². The first-order valence-corrected chi connectivity index (χ1v) is 7.19. The summed E-state index contributed by atoms with van der Waals surface area (Å²) in [6.45, 7) is 1.74. The van der Waals surface area contributed by atoms with Crippen molar-refractivity contribution in [1.29, 1.82) is 0 Å². The number of benzene rings is 1. The highest BCUT2D eigenvalue weighted by atomic mass is 16.6. The first-order chi connectivity index (χ1) is 12.3. The van der Waals surface area contributed by atoms with Crippen LogP contribution in [0.3, 0.4) is 0 Å². The van der Waals surface area contributed by atoms with Gasteiger partial charge >= 0.3 is 18.0 Å². The molecule has 0 aromatic heterocycles. The van der Waals surface area contributed by atoms with Crippen molar-refractivity contribution in [1.82, 2.24) is 0 Å². The predicted octanol–water partition coefficient (Wildman–Crippen LogP) is 1.80. The second-order valence-electron chi connectivity index (χ2n) is 4.53. The van der Waals surface area contributed by atoms with E-state index in [9.17, 15) is 24.5 Å². The number of hydrogen-bond donors (Lipinski definition) is 2. The summed E-state index contributed by atoms with van der Waals surface area (Å²) >= 11 is 0. The van der Waals surface area contributed by atoms with Crippen LogP contribution in [0.1, 0.15) is 6.92 Å². The van der Waals surface area contributed by atoms with Crippen LogP contribution in [-0.2, 0) is 23.8 Å². The molecule has 0 aliphatic carbocycles. The number of carbonyl (C=O) groups excluding carboxylic acids is 3. The summed E-state index contributed by atoms with van der Waals surface area (Å²) in [7, 11) is 2.18. The molecule has 140 valence electrons. The van der Waals surface area contributed by atoms with Crippen LogP contribution in [0.4, 0.5) is 21.9 Å². The number of anilines is 2. The maximum Gasteiger partial charge on any atom is 0.411 e. The van der Waals surface area contributed by atoms with Crippen LogP contribution < -0.4 is 10.6 Å². The van der Waals surface area contributed by atoms with Crippen molar-refractivity contribution >= 4 is 35.1 Å². The fourth-order valence-corrected chi connectivity index (χ4v) is 1.73. The van der Waals surface area contributed by atoms with Gasteiger partial charge in [0.05, 0.1) is 37.5 Å². The number of nitrogens with one attached hydrogen (secondary N) is 2. The molecule has 0 aliphatic rings. The molecule has 0 spiro atoms. The third kappa shape index (κ3) is 5.78. The fraction of sp³-hybridized carbons (Fsp3) is 0.267. The van der Waals surface area contributed by atoms with Gasteiger partial charge in [-0.1, -0.05) is 0 Å². The number of nitro groups is 1. The van der Waals surface area contributed by atoms with E-state index in [-0.39, 0.29) is 23.7 Å². The maximum absolute atomic E-state index is 11.7. The van der Waals surface area contributed by atoms with E-state index in [1.165, 1.54) is 12.1 Å². The largest absolute Gasteiger partial charge is 0.466 e. The summed E-state index contributed by atoms with van der Waals surface area (Å²) < 4.78 is 13.6. The van der Waals surface area contributed by atoms with Gasteiger partial charge in [0, 0.05) is 6.07 Å². The highest BCUT2D eigenvalue weighted by Crippen LogP contribution is 2.29. The number of esters is 2. The van der Waals surface area contributed by atoms with Crippen molar-refractivity contribution in [3.05, 3.63) is 40.1 Å². The maximum atomic E-state index is 11.7. The molecule has 1 rings (SSSR count). The zero-order valence-electron chi connectivity index (χ0n) is 14.2. The molecule has 0 bridgehead atoms. The van der Waals surface area contributed by atoms with Gasteiger partial charge in [0.15, 0.2) is 0 Å². The Morgan fingerprint density at radius 3 is 2.42 bits per heavy atom. The smallest absolute Gasteiger partial charge is 0.411 e. The summed E-state index contributed by atoms with van der Waals surface area (Å²) in [6.07, 6.45) is 0.0173. The van der Waals surface area contributed by atoms with E-state index in [0.717, 1.165) is 26.4 Å². The summed E-state index contributed by atoms with van der Waals surface area (Å²) in [5, 5.41) is 16.0. The Hall–Kier alpha value is -3.63. The highest BCUT2D eigenvalue weighted by molar-refractivity contribution is 5.99. The lowest BCUT2D eigenvalue weighted by Gasteiger charge is -2.11. The average molecular weight is 367 g/mol. The Labute approximate surface area is 148 Å². The number of amides is 1. The molecular formula is C15H17N3O8. The minimum absolute atomic E-state index is 0.107. The van der Waals surface area contributed by atoms with Gasteiger partial charge in [0.2, 0.25) is 0 Å². The zero-order valence-corrected chi connectivity index (χ0v) is 14.2. The SMILES string of the molecule is CCOC(=O)Nc1ccc(N/C(=C/C(=O)OC)C(=O)OC)c([N+](=O)[O-])c1. The summed E-state index contributed by atoms with van der Waals surface area (Å²) in [5.74, 6) is -1.79. The average Bonchev–Trinajstić information content (AvgIpc) is 2.61. The second kappa shape index (κ2) is 9.61. The van der Waals surface area contributed by atoms with Crippen LogP contribution in [0.15, 0.2) is 30.0 Å². The number of rotatable bonds is 7. The third-order valence-corrected chi connectivity index (χ3v) is 2.85. The van der Waals surface area contributed by atoms with Gasteiger partial charge in [0.1, 0.15) is 11.4 Å². The number of carbonyl (C=O) groups is 3. The minimum Gasteiger partial charge on any atom is -0.466 e. The number of ether oxygens (including phenoxy) is 3. The van der Waals surface area contributed by atoms with Crippen molar-refractivity contribution in [3.63, 3.8) is 0 Å². The number of methoxy groups -OCH3 is 2. The van der Waals surface area contributed by atoms with E-state index in [4.69, 9.17) is 0 Å². The van der Waals surface area contributed by atoms with Crippen molar-refractivity contribution in [2.24, 2.45) is 0 Å². The van der Waals surface area contributed by atoms with Gasteiger partial charge < -0.3 is 19.5 Å². The molecule has 26 heavy (non-hydrogen) atoms. The standard InChI is InChI=1S/C15H17N3O8/c1-4-26-15(21)16-9-5-6-10(12(7-9)18(22)23)17-11(14(20)25-3)8-13(19)24-2/h5-8,17H,4H2,1-3H3,(H,16,21)/b11-8+. The third-order valence-electron chi connectivity index (χ3n) is 2.85. The fourth-order valence-electron chi connectivity index (χ4n) is 1.73. The van der Waals surface area contributed by atoms with Crippen LogP contribution in [-0.4, -0.2) is 43.8 Å². The van der Waals surface area contributed by atoms with E-state index in [1.54, 1.807) is 6.92 Å². The molecular weight excluding hydrogens is 350 g/mol. The first kappa shape index (κ1) is 20.4. The normalized spacial score (nSPS) is 10.5. The van der Waals surface area contributed by atoms with Crippen LogP contribution in [0, 0.1) is 10.1 Å². The molecule has 0 fully saturated rings. The Morgan fingerprint density at radius 2 is 1.88 bits per heavy atom. The molecule has 0 radical (unpaired) electrons. The number of hydrogen-bond acceptors (Lipinski definition) is 9. The molecule has 1 aromatic carbocycles. The number of nitro benzene ring substituents is 1. The van der Waals surface area contributed by atoms with E-state index < -0.39 is 28.6 Å². The second-order valence-corrected chi connectivity index (χ2v) is 4.53. The Morgan fingerprint density at radius 1 is 1.19 bits per heavy atom.